The van der Waals surface area contributed by atoms with Gasteiger partial charge in [-0.05, 0) is 30.5 Å². The highest BCUT2D eigenvalue weighted by atomic mass is 16.3. The summed E-state index contributed by atoms with van der Waals surface area (Å²) in [6.07, 6.45) is 6.13. The molecule has 0 atom stereocenters. The van der Waals surface area contributed by atoms with Gasteiger partial charge >= 0.3 is 0 Å². The Bertz CT molecular complexity index is 524. The molecular formula is C17H24N2O3. The molecule has 0 aromatic heterocycles. The molecule has 0 aliphatic rings. The van der Waals surface area contributed by atoms with Crippen molar-refractivity contribution in [2.45, 2.75) is 19.3 Å². The van der Waals surface area contributed by atoms with Gasteiger partial charge in [-0.25, -0.2) is 0 Å². The molecule has 22 heavy (non-hydrogen) atoms. The number of allylic oxidation sites excluding steroid dienone is 1. The number of aliphatic hydroxyl groups is 1. The molecular weight excluding hydrogens is 280 g/mol. The van der Waals surface area contributed by atoms with Crippen molar-refractivity contribution in [2.75, 3.05) is 27.2 Å². The van der Waals surface area contributed by atoms with Crippen LogP contribution in [-0.4, -0.2) is 49.1 Å². The maximum Gasteiger partial charge on any atom is 0.251 e. The van der Waals surface area contributed by atoms with Crippen LogP contribution in [0.5, 0.6) is 0 Å². The Morgan fingerprint density at radius 1 is 1.32 bits per heavy atom. The van der Waals surface area contributed by atoms with Crippen molar-refractivity contribution in [3.63, 3.8) is 0 Å². The minimum Gasteiger partial charge on any atom is -0.395 e. The van der Waals surface area contributed by atoms with E-state index in [4.69, 9.17) is 5.11 Å². The van der Waals surface area contributed by atoms with Gasteiger partial charge in [-0.3, -0.25) is 9.59 Å². The number of aliphatic hydroxyl groups excluding tert-OH is 1. The molecule has 5 nitrogen and oxygen atoms in total. The maximum atomic E-state index is 11.8. The summed E-state index contributed by atoms with van der Waals surface area (Å²) in [6.45, 7) is 0.176. The standard InChI is InChI=1S/C17H24N2O3/c1-19(2)16(21)10-5-3-4-7-14-8-6-9-15(13-14)17(22)18-11-12-20/h4,6-9,13,20H,3,5,10-12H2,1-2H3,(H,18,22)/b7-4-. The summed E-state index contributed by atoms with van der Waals surface area (Å²) in [6, 6.07) is 7.28. The minimum absolute atomic E-state index is 0.0724. The van der Waals surface area contributed by atoms with Gasteiger partial charge in [0.2, 0.25) is 5.91 Å². The number of nitrogens with one attached hydrogen (secondary N) is 1. The zero-order valence-electron chi connectivity index (χ0n) is 13.2. The minimum atomic E-state index is -0.194. The first-order chi connectivity index (χ1) is 10.5. The van der Waals surface area contributed by atoms with Crippen molar-refractivity contribution in [2.24, 2.45) is 0 Å². The lowest BCUT2D eigenvalue weighted by Crippen LogP contribution is -2.26. The average Bonchev–Trinajstić information content (AvgIpc) is 2.52. The van der Waals surface area contributed by atoms with Crippen molar-refractivity contribution in [1.82, 2.24) is 10.2 Å². The fourth-order valence-electron chi connectivity index (χ4n) is 1.87. The summed E-state index contributed by atoms with van der Waals surface area (Å²) < 4.78 is 0. The Morgan fingerprint density at radius 2 is 2.09 bits per heavy atom. The molecule has 0 aliphatic carbocycles. The van der Waals surface area contributed by atoms with E-state index in [1.807, 2.05) is 24.3 Å². The van der Waals surface area contributed by atoms with Crippen LogP contribution < -0.4 is 5.32 Å². The van der Waals surface area contributed by atoms with Crippen molar-refractivity contribution in [1.29, 1.82) is 0 Å². The second-order valence-electron chi connectivity index (χ2n) is 5.19. The Balaban J connectivity index is 2.47. The van der Waals surface area contributed by atoms with Gasteiger partial charge in [0.25, 0.3) is 5.91 Å². The SMILES string of the molecule is CN(C)C(=O)CCC/C=C\c1cccc(C(=O)NCCO)c1. The summed E-state index contributed by atoms with van der Waals surface area (Å²) >= 11 is 0. The first kappa shape index (κ1) is 17.9. The van der Waals surface area contributed by atoms with Crippen LogP contribution in [0.3, 0.4) is 0 Å². The topological polar surface area (TPSA) is 69.6 Å². The molecule has 2 N–H and O–H groups in total. The Labute approximate surface area is 131 Å². The molecule has 0 heterocycles. The van der Waals surface area contributed by atoms with Crippen LogP contribution in [0.15, 0.2) is 30.3 Å². The third kappa shape index (κ3) is 6.54. The summed E-state index contributed by atoms with van der Waals surface area (Å²) in [7, 11) is 3.51. The van der Waals surface area contributed by atoms with Crippen molar-refractivity contribution in [3.05, 3.63) is 41.5 Å². The number of nitrogens with zero attached hydrogens (tertiary/aromatic N) is 1. The van der Waals surface area contributed by atoms with E-state index in [9.17, 15) is 9.59 Å². The zero-order valence-corrected chi connectivity index (χ0v) is 13.2. The number of amides is 2. The number of unbranched alkanes of at least 4 members (excludes halogenated alkanes) is 1. The number of hydrogen-bond donors (Lipinski definition) is 2. The summed E-state index contributed by atoms with van der Waals surface area (Å²) in [5.41, 5.74) is 1.51. The molecule has 5 heteroatoms. The Morgan fingerprint density at radius 3 is 2.77 bits per heavy atom. The van der Waals surface area contributed by atoms with Crippen LogP contribution >= 0.6 is 0 Å². The number of hydrogen-bond acceptors (Lipinski definition) is 3. The van der Waals surface area contributed by atoms with E-state index in [2.05, 4.69) is 5.32 Å². The molecule has 0 spiro atoms. The predicted molar refractivity (Wildman–Crippen MR) is 87.4 cm³/mol. The highest BCUT2D eigenvalue weighted by Crippen LogP contribution is 2.09. The van der Waals surface area contributed by atoms with E-state index in [-0.39, 0.29) is 25.0 Å². The fraction of sp³-hybridized carbons (Fsp3) is 0.412. The van der Waals surface area contributed by atoms with E-state index < -0.39 is 0 Å². The highest BCUT2D eigenvalue weighted by Gasteiger charge is 2.04. The fourth-order valence-corrected chi connectivity index (χ4v) is 1.87. The lowest BCUT2D eigenvalue weighted by molar-refractivity contribution is -0.128. The molecule has 0 aliphatic heterocycles. The second kappa shape index (κ2) is 9.73. The zero-order chi connectivity index (χ0) is 16.4. The molecule has 0 saturated heterocycles. The van der Waals surface area contributed by atoms with E-state index in [1.54, 1.807) is 31.1 Å². The van der Waals surface area contributed by atoms with Gasteiger partial charge in [-0.1, -0.05) is 24.3 Å². The van der Waals surface area contributed by atoms with Crippen molar-refractivity contribution < 1.29 is 14.7 Å². The molecule has 1 aromatic carbocycles. The van der Waals surface area contributed by atoms with Gasteiger partial charge in [0.15, 0.2) is 0 Å². The predicted octanol–water partition coefficient (Wildman–Crippen LogP) is 1.68. The number of rotatable bonds is 8. The van der Waals surface area contributed by atoms with Crippen LogP contribution in [0, 0.1) is 0 Å². The summed E-state index contributed by atoms with van der Waals surface area (Å²) in [5, 5.41) is 11.3. The highest BCUT2D eigenvalue weighted by molar-refractivity contribution is 5.94. The lowest BCUT2D eigenvalue weighted by atomic mass is 10.1. The number of carbonyl (C=O) groups excluding carboxylic acids is 2. The quantitative estimate of drug-likeness (QED) is 0.718. The van der Waals surface area contributed by atoms with Gasteiger partial charge in [0.1, 0.15) is 0 Å². The van der Waals surface area contributed by atoms with Gasteiger partial charge in [-0.2, -0.15) is 0 Å². The van der Waals surface area contributed by atoms with Crippen LogP contribution in [0.1, 0.15) is 35.2 Å². The van der Waals surface area contributed by atoms with Gasteiger partial charge in [0, 0.05) is 32.6 Å². The lowest BCUT2D eigenvalue weighted by Gasteiger charge is -2.08. The van der Waals surface area contributed by atoms with Crippen molar-refractivity contribution >= 4 is 17.9 Å². The molecule has 0 fully saturated rings. The third-order valence-corrected chi connectivity index (χ3v) is 3.12. The van der Waals surface area contributed by atoms with Crippen molar-refractivity contribution in [3.8, 4) is 0 Å². The smallest absolute Gasteiger partial charge is 0.251 e. The third-order valence-electron chi connectivity index (χ3n) is 3.12. The second-order valence-corrected chi connectivity index (χ2v) is 5.19. The summed E-state index contributed by atoms with van der Waals surface area (Å²) in [4.78, 5) is 24.8. The van der Waals surface area contributed by atoms with Gasteiger partial charge in [-0.15, -0.1) is 0 Å². The number of benzene rings is 1. The van der Waals surface area contributed by atoms with Crippen LogP contribution in [0.25, 0.3) is 6.08 Å². The molecule has 1 aromatic rings. The molecule has 120 valence electrons. The molecule has 0 unspecified atom stereocenters. The Hall–Kier alpha value is -2.14. The van der Waals surface area contributed by atoms with E-state index >= 15 is 0 Å². The molecule has 0 saturated carbocycles. The normalized spacial score (nSPS) is 10.7. The average molecular weight is 304 g/mol. The summed E-state index contributed by atoms with van der Waals surface area (Å²) in [5.74, 6) is -0.0585. The van der Waals surface area contributed by atoms with E-state index in [0.717, 1.165) is 18.4 Å². The molecule has 0 radical (unpaired) electrons. The number of carbonyl (C=O) groups is 2. The first-order valence-corrected chi connectivity index (χ1v) is 7.40. The molecule has 2 amide bonds. The monoisotopic (exact) mass is 304 g/mol. The van der Waals surface area contributed by atoms with Crippen LogP contribution in [0.4, 0.5) is 0 Å². The van der Waals surface area contributed by atoms with E-state index in [0.29, 0.717) is 12.0 Å². The maximum absolute atomic E-state index is 11.8. The van der Waals surface area contributed by atoms with Crippen LogP contribution in [-0.2, 0) is 4.79 Å². The van der Waals surface area contributed by atoms with Gasteiger partial charge < -0.3 is 15.3 Å². The van der Waals surface area contributed by atoms with E-state index in [1.165, 1.54) is 0 Å². The Kier molecular flexibility index (Phi) is 7.92. The molecule has 1 rings (SSSR count). The largest absolute Gasteiger partial charge is 0.395 e. The van der Waals surface area contributed by atoms with Gasteiger partial charge in [0.05, 0.1) is 6.61 Å². The van der Waals surface area contributed by atoms with Crippen LogP contribution in [0.2, 0.25) is 0 Å². The first-order valence-electron chi connectivity index (χ1n) is 7.40. The molecule has 0 bridgehead atoms.